The zero-order chi connectivity index (χ0) is 28.6. The van der Waals surface area contributed by atoms with Gasteiger partial charge >= 0.3 is 5.97 Å². The van der Waals surface area contributed by atoms with Gasteiger partial charge in [0.15, 0.2) is 0 Å². The SMILES string of the molecule is C=CCCCCOC(=O)[C@H]1[C@H]2C(=O)N([C@@H](CO)C(C)C)C(C(=O)N(CC=C)C(C)(C)C)C23CC(C)[C@]1(C)O3. The molecule has 1 spiro atoms. The number of rotatable bonds is 12. The highest BCUT2D eigenvalue weighted by Gasteiger charge is 2.81. The Hall–Kier alpha value is -2.19. The van der Waals surface area contributed by atoms with Gasteiger partial charge in [0.25, 0.3) is 0 Å². The first-order valence-electron chi connectivity index (χ1n) is 14.1. The van der Waals surface area contributed by atoms with E-state index in [0.29, 0.717) is 19.4 Å². The fraction of sp³-hybridized carbons (Fsp3) is 0.767. The first kappa shape index (κ1) is 30.4. The molecule has 3 unspecified atom stereocenters. The highest BCUT2D eigenvalue weighted by atomic mass is 16.6. The van der Waals surface area contributed by atoms with Crippen LogP contribution in [-0.2, 0) is 23.9 Å². The number of carbonyl (C=O) groups excluding carboxylic acids is 3. The van der Waals surface area contributed by atoms with Crippen LogP contribution in [0.15, 0.2) is 25.3 Å². The minimum absolute atomic E-state index is 0.0748. The van der Waals surface area contributed by atoms with Crippen LogP contribution in [0.5, 0.6) is 0 Å². The Morgan fingerprint density at radius 3 is 2.45 bits per heavy atom. The maximum atomic E-state index is 14.5. The number of amides is 2. The Morgan fingerprint density at radius 2 is 1.92 bits per heavy atom. The second-order valence-electron chi connectivity index (χ2n) is 12.8. The first-order valence-corrected chi connectivity index (χ1v) is 14.1. The number of hydrogen-bond acceptors (Lipinski definition) is 6. The van der Waals surface area contributed by atoms with Crippen molar-refractivity contribution >= 4 is 17.8 Å². The fourth-order valence-corrected chi connectivity index (χ4v) is 6.92. The standard InChI is InChI=1S/C30H48N2O6/c1-10-12-13-14-16-37-27(36)23-22-25(34)32(21(18-33)19(3)4)24(26(35)31(15-11-2)28(6,7)8)30(22)17-20(5)29(23,9)38-30/h10-11,19-24,33H,1-2,12-18H2,3-9H3/t20?,21-,22-,23+,24?,29-,30?/m0/s1. The molecule has 1 N–H and O–H groups in total. The van der Waals surface area contributed by atoms with Crippen molar-refractivity contribution in [3.8, 4) is 0 Å². The lowest BCUT2D eigenvalue weighted by Crippen LogP contribution is -2.62. The molecule has 3 heterocycles. The van der Waals surface area contributed by atoms with Gasteiger partial charge in [-0.3, -0.25) is 14.4 Å². The molecular weight excluding hydrogens is 484 g/mol. The maximum Gasteiger partial charge on any atom is 0.312 e. The molecule has 0 radical (unpaired) electrons. The molecule has 3 rings (SSSR count). The summed E-state index contributed by atoms with van der Waals surface area (Å²) in [6.07, 6.45) is 6.39. The van der Waals surface area contributed by atoms with Crippen LogP contribution in [0.4, 0.5) is 0 Å². The van der Waals surface area contributed by atoms with E-state index in [1.54, 1.807) is 15.9 Å². The monoisotopic (exact) mass is 532 g/mol. The molecule has 2 bridgehead atoms. The highest BCUT2D eigenvalue weighted by molar-refractivity contribution is 5.99. The van der Waals surface area contributed by atoms with Crippen molar-refractivity contribution in [2.24, 2.45) is 23.7 Å². The van der Waals surface area contributed by atoms with Crippen LogP contribution in [0.3, 0.4) is 0 Å². The summed E-state index contributed by atoms with van der Waals surface area (Å²) in [6.45, 7) is 21.4. The van der Waals surface area contributed by atoms with E-state index in [4.69, 9.17) is 9.47 Å². The van der Waals surface area contributed by atoms with E-state index in [9.17, 15) is 19.5 Å². The predicted octanol–water partition coefficient (Wildman–Crippen LogP) is 3.73. The molecule has 0 aromatic carbocycles. The van der Waals surface area contributed by atoms with Gasteiger partial charge in [-0.05, 0) is 65.2 Å². The Bertz CT molecular complexity index is 942. The van der Waals surface area contributed by atoms with Crippen molar-refractivity contribution in [2.45, 2.75) is 103 Å². The number of carbonyl (C=O) groups is 3. The van der Waals surface area contributed by atoms with Crippen molar-refractivity contribution in [3.05, 3.63) is 25.3 Å². The van der Waals surface area contributed by atoms with E-state index in [0.717, 1.165) is 12.8 Å². The summed E-state index contributed by atoms with van der Waals surface area (Å²) in [7, 11) is 0. The fourth-order valence-electron chi connectivity index (χ4n) is 6.92. The average molecular weight is 533 g/mol. The Labute approximate surface area is 228 Å². The number of aliphatic hydroxyl groups excluding tert-OH is 1. The van der Waals surface area contributed by atoms with Crippen LogP contribution < -0.4 is 0 Å². The molecule has 3 aliphatic heterocycles. The van der Waals surface area contributed by atoms with Crippen molar-refractivity contribution in [3.63, 3.8) is 0 Å². The van der Waals surface area contributed by atoms with Gasteiger partial charge in [0.2, 0.25) is 11.8 Å². The molecule has 7 atom stereocenters. The van der Waals surface area contributed by atoms with Gasteiger partial charge in [-0.25, -0.2) is 0 Å². The normalized spacial score (nSPS) is 32.9. The van der Waals surface area contributed by atoms with Crippen molar-refractivity contribution < 1.29 is 29.0 Å². The third-order valence-corrected chi connectivity index (χ3v) is 8.99. The molecule has 3 fully saturated rings. The molecule has 0 aromatic heterocycles. The lowest BCUT2D eigenvalue weighted by molar-refractivity contribution is -0.165. The molecule has 0 aliphatic carbocycles. The van der Waals surface area contributed by atoms with E-state index < -0.39 is 46.6 Å². The number of aliphatic hydroxyl groups is 1. The van der Waals surface area contributed by atoms with Gasteiger partial charge in [0.1, 0.15) is 17.6 Å². The lowest BCUT2D eigenvalue weighted by atomic mass is 9.62. The van der Waals surface area contributed by atoms with Crippen LogP contribution in [0.25, 0.3) is 0 Å². The molecule has 38 heavy (non-hydrogen) atoms. The molecule has 0 saturated carbocycles. The zero-order valence-corrected chi connectivity index (χ0v) is 24.4. The average Bonchev–Trinajstić information content (AvgIpc) is 3.33. The van der Waals surface area contributed by atoms with E-state index in [1.165, 1.54) is 0 Å². The zero-order valence-electron chi connectivity index (χ0n) is 24.4. The summed E-state index contributed by atoms with van der Waals surface area (Å²) in [4.78, 5) is 45.7. The summed E-state index contributed by atoms with van der Waals surface area (Å²) in [5, 5.41) is 10.4. The van der Waals surface area contributed by atoms with E-state index in [1.807, 2.05) is 54.5 Å². The van der Waals surface area contributed by atoms with Crippen LogP contribution in [-0.4, -0.2) is 81.3 Å². The summed E-state index contributed by atoms with van der Waals surface area (Å²) in [5.74, 6) is -2.87. The number of hydrogen-bond donors (Lipinski definition) is 1. The largest absolute Gasteiger partial charge is 0.465 e. The molecule has 0 aromatic rings. The van der Waals surface area contributed by atoms with Gasteiger partial charge in [-0.15, -0.1) is 13.2 Å². The smallest absolute Gasteiger partial charge is 0.312 e. The number of unbranched alkanes of at least 4 members (excludes halogenated alkanes) is 2. The number of likely N-dealkylation sites (tertiary alicyclic amines) is 1. The number of allylic oxidation sites excluding steroid dienone is 1. The van der Waals surface area contributed by atoms with E-state index >= 15 is 0 Å². The molecule has 214 valence electrons. The Kier molecular flexibility index (Phi) is 8.89. The van der Waals surface area contributed by atoms with Crippen LogP contribution >= 0.6 is 0 Å². The van der Waals surface area contributed by atoms with Crippen molar-refractivity contribution in [1.29, 1.82) is 0 Å². The summed E-state index contributed by atoms with van der Waals surface area (Å²) >= 11 is 0. The topological polar surface area (TPSA) is 96.4 Å². The lowest BCUT2D eigenvalue weighted by Gasteiger charge is -2.44. The number of fused-ring (bicyclic) bond motifs is 1. The number of esters is 1. The molecule has 8 nitrogen and oxygen atoms in total. The van der Waals surface area contributed by atoms with E-state index in [-0.39, 0.29) is 36.9 Å². The molecule has 3 aliphatic rings. The van der Waals surface area contributed by atoms with Gasteiger partial charge in [-0.2, -0.15) is 0 Å². The minimum Gasteiger partial charge on any atom is -0.465 e. The summed E-state index contributed by atoms with van der Waals surface area (Å²) in [6, 6.07) is -1.56. The predicted molar refractivity (Wildman–Crippen MR) is 146 cm³/mol. The second-order valence-corrected chi connectivity index (χ2v) is 12.8. The highest BCUT2D eigenvalue weighted by Crippen LogP contribution is 2.66. The van der Waals surface area contributed by atoms with Crippen LogP contribution in [0, 0.1) is 23.7 Å². The summed E-state index contributed by atoms with van der Waals surface area (Å²) in [5.41, 5.74) is -2.65. The second kappa shape index (κ2) is 11.1. The van der Waals surface area contributed by atoms with Gasteiger partial charge < -0.3 is 24.4 Å². The third-order valence-electron chi connectivity index (χ3n) is 8.99. The third kappa shape index (κ3) is 4.83. The van der Waals surface area contributed by atoms with Crippen LogP contribution in [0.2, 0.25) is 0 Å². The van der Waals surface area contributed by atoms with Crippen molar-refractivity contribution in [1.82, 2.24) is 9.80 Å². The Balaban J connectivity index is 2.10. The number of ether oxygens (including phenoxy) is 2. The molecule has 2 amide bonds. The molecular formula is C30H48N2O6. The minimum atomic E-state index is -1.18. The van der Waals surface area contributed by atoms with Gasteiger partial charge in [0.05, 0.1) is 30.8 Å². The van der Waals surface area contributed by atoms with Gasteiger partial charge in [-0.1, -0.05) is 32.9 Å². The van der Waals surface area contributed by atoms with E-state index in [2.05, 4.69) is 13.2 Å². The van der Waals surface area contributed by atoms with Gasteiger partial charge in [0, 0.05) is 12.1 Å². The molecule has 8 heteroatoms. The van der Waals surface area contributed by atoms with Crippen LogP contribution in [0.1, 0.15) is 74.1 Å². The molecule has 3 saturated heterocycles. The quantitative estimate of drug-likeness (QED) is 0.234. The Morgan fingerprint density at radius 1 is 1.26 bits per heavy atom. The van der Waals surface area contributed by atoms with Crippen molar-refractivity contribution in [2.75, 3.05) is 19.8 Å². The summed E-state index contributed by atoms with van der Waals surface area (Å²) < 4.78 is 12.5. The number of nitrogens with zero attached hydrogens (tertiary/aromatic N) is 2. The first-order chi connectivity index (χ1) is 17.7. The maximum absolute atomic E-state index is 14.5.